The minimum atomic E-state index is -0.460. The van der Waals surface area contributed by atoms with Crippen molar-refractivity contribution in [3.63, 3.8) is 0 Å². The Hall–Kier alpha value is -1.74. The van der Waals surface area contributed by atoms with E-state index in [0.29, 0.717) is 16.4 Å². The zero-order valence-electron chi connectivity index (χ0n) is 12.4. The van der Waals surface area contributed by atoms with E-state index < -0.39 is 5.97 Å². The Morgan fingerprint density at radius 2 is 2.15 bits per heavy atom. The van der Waals surface area contributed by atoms with Gasteiger partial charge in [0.1, 0.15) is 21.5 Å². The van der Waals surface area contributed by atoms with E-state index in [1.54, 1.807) is 6.92 Å². The van der Waals surface area contributed by atoms with Crippen molar-refractivity contribution in [2.75, 3.05) is 30.3 Å². The minimum Gasteiger partial charge on any atom is -0.462 e. The van der Waals surface area contributed by atoms with Gasteiger partial charge in [-0.15, -0.1) is 11.3 Å². The number of nitrogens with zero attached hydrogens (tertiary/aromatic N) is 2. The summed E-state index contributed by atoms with van der Waals surface area (Å²) in [6.07, 6.45) is 0. The Morgan fingerprint density at radius 1 is 1.50 bits per heavy atom. The van der Waals surface area contributed by atoms with Crippen molar-refractivity contribution in [2.45, 2.75) is 27.7 Å². The highest BCUT2D eigenvalue weighted by atomic mass is 32.1. The van der Waals surface area contributed by atoms with Crippen molar-refractivity contribution < 1.29 is 9.53 Å². The fraction of sp³-hybridized carbons (Fsp3) is 0.571. The number of nitrogen functional groups attached to an aromatic ring is 1. The van der Waals surface area contributed by atoms with Gasteiger partial charge < -0.3 is 15.4 Å². The fourth-order valence-corrected chi connectivity index (χ4v) is 3.04. The summed E-state index contributed by atoms with van der Waals surface area (Å²) in [7, 11) is 0. The molecule has 0 bridgehead atoms. The number of esters is 1. The molecule has 0 amide bonds. The van der Waals surface area contributed by atoms with Gasteiger partial charge in [0, 0.05) is 13.1 Å². The Bertz CT molecular complexity index is 517. The molecule has 0 spiro atoms. The third kappa shape index (κ3) is 3.42. The van der Waals surface area contributed by atoms with Crippen molar-refractivity contribution >= 4 is 28.0 Å². The number of hydrogen-bond acceptors (Lipinski definition) is 6. The van der Waals surface area contributed by atoms with Gasteiger partial charge in [-0.25, -0.2) is 4.79 Å². The third-order valence-corrected chi connectivity index (χ3v) is 4.00. The SMILES string of the molecule is CCOC(=O)c1sc(N(CC)CC(C)C)c(C#N)c1N. The Kier molecular flexibility index (Phi) is 5.83. The highest BCUT2D eigenvalue weighted by Gasteiger charge is 2.24. The number of rotatable bonds is 6. The zero-order valence-corrected chi connectivity index (χ0v) is 13.2. The maximum absolute atomic E-state index is 11.9. The highest BCUT2D eigenvalue weighted by Crippen LogP contribution is 2.38. The van der Waals surface area contributed by atoms with Gasteiger partial charge in [0.25, 0.3) is 0 Å². The van der Waals surface area contributed by atoms with E-state index in [9.17, 15) is 10.1 Å². The summed E-state index contributed by atoms with van der Waals surface area (Å²) in [5.74, 6) is -0.00536. The Balaban J connectivity index is 3.23. The number of nitrogens with two attached hydrogens (primary N) is 1. The number of nitriles is 1. The molecule has 1 aromatic rings. The van der Waals surface area contributed by atoms with Crippen LogP contribution in [0.3, 0.4) is 0 Å². The lowest BCUT2D eigenvalue weighted by molar-refractivity contribution is 0.0533. The average Bonchev–Trinajstić information content (AvgIpc) is 2.73. The van der Waals surface area contributed by atoms with Gasteiger partial charge in [0.2, 0.25) is 0 Å². The van der Waals surface area contributed by atoms with Crippen molar-refractivity contribution in [3.05, 3.63) is 10.4 Å². The van der Waals surface area contributed by atoms with Crippen LogP contribution in [0.4, 0.5) is 10.7 Å². The maximum atomic E-state index is 11.9. The molecule has 0 fully saturated rings. The molecule has 0 radical (unpaired) electrons. The monoisotopic (exact) mass is 295 g/mol. The lowest BCUT2D eigenvalue weighted by atomic mass is 10.2. The molecule has 1 aromatic heterocycles. The smallest absolute Gasteiger partial charge is 0.350 e. The summed E-state index contributed by atoms with van der Waals surface area (Å²) in [4.78, 5) is 14.3. The van der Waals surface area contributed by atoms with Gasteiger partial charge in [-0.2, -0.15) is 5.26 Å². The standard InChI is InChI=1S/C14H21N3O2S/c1-5-17(8-9(3)4)13-10(7-15)11(16)12(20-13)14(18)19-6-2/h9H,5-6,8,16H2,1-4H3. The molecule has 1 rings (SSSR count). The molecule has 0 aromatic carbocycles. The van der Waals surface area contributed by atoms with Crippen LogP contribution in [-0.4, -0.2) is 25.7 Å². The first-order valence-corrected chi connectivity index (χ1v) is 7.52. The predicted molar refractivity (Wildman–Crippen MR) is 82.1 cm³/mol. The van der Waals surface area contributed by atoms with E-state index in [4.69, 9.17) is 10.5 Å². The topological polar surface area (TPSA) is 79.3 Å². The van der Waals surface area contributed by atoms with Crippen LogP contribution in [0.15, 0.2) is 0 Å². The molecule has 0 aliphatic carbocycles. The second kappa shape index (κ2) is 7.15. The molecule has 2 N–H and O–H groups in total. The van der Waals surface area contributed by atoms with Crippen LogP contribution in [-0.2, 0) is 4.74 Å². The van der Waals surface area contributed by atoms with E-state index in [1.165, 1.54) is 11.3 Å². The number of hydrogen-bond donors (Lipinski definition) is 1. The van der Waals surface area contributed by atoms with Gasteiger partial charge in [-0.1, -0.05) is 13.8 Å². The fourth-order valence-electron chi connectivity index (χ4n) is 1.91. The molecule has 0 saturated heterocycles. The molecule has 0 aliphatic rings. The lowest BCUT2D eigenvalue weighted by Gasteiger charge is -2.23. The zero-order chi connectivity index (χ0) is 15.3. The molecular formula is C14H21N3O2S. The lowest BCUT2D eigenvalue weighted by Crippen LogP contribution is -2.27. The summed E-state index contributed by atoms with van der Waals surface area (Å²) < 4.78 is 4.98. The van der Waals surface area contributed by atoms with Crippen molar-refractivity contribution in [1.82, 2.24) is 0 Å². The molecule has 0 atom stereocenters. The molecule has 20 heavy (non-hydrogen) atoms. The van der Waals surface area contributed by atoms with Crippen LogP contribution in [0, 0.1) is 17.2 Å². The highest BCUT2D eigenvalue weighted by molar-refractivity contribution is 7.18. The van der Waals surface area contributed by atoms with Gasteiger partial charge in [0.15, 0.2) is 0 Å². The van der Waals surface area contributed by atoms with Gasteiger partial charge in [0.05, 0.1) is 12.3 Å². The second-order valence-corrected chi connectivity index (χ2v) is 5.79. The number of carbonyl (C=O) groups excluding carboxylic acids is 1. The first-order valence-electron chi connectivity index (χ1n) is 6.70. The predicted octanol–water partition coefficient (Wildman–Crippen LogP) is 2.86. The molecule has 1 heterocycles. The minimum absolute atomic E-state index is 0.230. The first-order chi connectivity index (χ1) is 9.46. The van der Waals surface area contributed by atoms with Crippen molar-refractivity contribution in [2.24, 2.45) is 5.92 Å². The van der Waals surface area contributed by atoms with E-state index in [1.807, 2.05) is 6.92 Å². The molecule has 110 valence electrons. The summed E-state index contributed by atoms with van der Waals surface area (Å²) in [5, 5.41) is 10.1. The van der Waals surface area contributed by atoms with Crippen LogP contribution in [0.5, 0.6) is 0 Å². The summed E-state index contributed by atoms with van der Waals surface area (Å²) in [6.45, 7) is 9.84. The molecule has 0 saturated carbocycles. The van der Waals surface area contributed by atoms with Crippen LogP contribution in [0.2, 0.25) is 0 Å². The van der Waals surface area contributed by atoms with E-state index in [2.05, 4.69) is 24.8 Å². The van der Waals surface area contributed by atoms with Crippen LogP contribution >= 0.6 is 11.3 Å². The van der Waals surface area contributed by atoms with Crippen molar-refractivity contribution in [1.29, 1.82) is 5.26 Å². The van der Waals surface area contributed by atoms with Gasteiger partial charge >= 0.3 is 5.97 Å². The van der Waals surface area contributed by atoms with E-state index in [0.717, 1.165) is 18.1 Å². The van der Waals surface area contributed by atoms with Gasteiger partial charge in [-0.3, -0.25) is 0 Å². The molecule has 5 nitrogen and oxygen atoms in total. The number of ether oxygens (including phenoxy) is 1. The Morgan fingerprint density at radius 3 is 2.60 bits per heavy atom. The van der Waals surface area contributed by atoms with Crippen LogP contribution < -0.4 is 10.6 Å². The summed E-state index contributed by atoms with van der Waals surface area (Å²) in [5.41, 5.74) is 6.53. The van der Waals surface area contributed by atoms with Gasteiger partial charge in [-0.05, 0) is 19.8 Å². The van der Waals surface area contributed by atoms with Crippen molar-refractivity contribution in [3.8, 4) is 6.07 Å². The Labute approximate surface area is 123 Å². The molecule has 6 heteroatoms. The van der Waals surface area contributed by atoms with Crippen LogP contribution in [0.25, 0.3) is 0 Å². The largest absolute Gasteiger partial charge is 0.462 e. The maximum Gasteiger partial charge on any atom is 0.350 e. The summed E-state index contributed by atoms with van der Waals surface area (Å²) in [6, 6.07) is 2.11. The molecule has 0 unspecified atom stereocenters. The molecular weight excluding hydrogens is 274 g/mol. The number of carbonyl (C=O) groups is 1. The van der Waals surface area contributed by atoms with Crippen LogP contribution in [0.1, 0.15) is 42.9 Å². The first kappa shape index (κ1) is 16.3. The average molecular weight is 295 g/mol. The number of thiophene rings is 1. The quantitative estimate of drug-likeness (QED) is 0.816. The normalized spacial score (nSPS) is 10.4. The second-order valence-electron chi connectivity index (χ2n) is 4.79. The molecule has 0 aliphatic heterocycles. The number of anilines is 2. The van der Waals surface area contributed by atoms with E-state index >= 15 is 0 Å². The van der Waals surface area contributed by atoms with E-state index in [-0.39, 0.29) is 12.3 Å². The third-order valence-electron chi connectivity index (χ3n) is 2.75. The summed E-state index contributed by atoms with van der Waals surface area (Å²) >= 11 is 1.24.